The highest BCUT2D eigenvalue weighted by Gasteiger charge is 2.48. The van der Waals surface area contributed by atoms with E-state index in [1.807, 2.05) is 62.3 Å². The molecule has 0 radical (unpaired) electrons. The summed E-state index contributed by atoms with van der Waals surface area (Å²) in [5, 5.41) is 39.2. The molecular formula is C100H141N13O21S4. The number of aromatic nitrogens is 3. The first-order chi connectivity index (χ1) is 65.9. The quantitative estimate of drug-likeness (QED) is 0.0403. The summed E-state index contributed by atoms with van der Waals surface area (Å²) >= 11 is 11.7. The molecule has 4 fully saturated rings. The van der Waals surface area contributed by atoms with Crippen LogP contribution in [0.3, 0.4) is 0 Å². The number of oxazole rings is 3. The standard InChI is InChI=1S/C64H88N8O14S2.C28H35N3O7.C8H18N2S2/c1-39(2)59-43(7)13-15-53(77)65-19-9-11-41(5)31-45(73)33-47(75)35-55-67-49(37-83-55)61(79)71-21-17-51(57(71)63(81)85-59)87-29-27-69-23-25-70(26-24-69)28-30-88-52-18-22-72-58(52)64(82)86-60(40(3)4)44(8)14-16-54(78)66-20-10-12-42(6)32-46(74)34-48(76)36-56-68-50(38-84-56)62(72)80;1-17(2)26-19(4)9-10-24(34)29-11-5-7-18(3)13-20(32)14-21(33)15-25-30-22(16-37-25)27(35)31-12-6-8-23(31)28(36)38-26;11-7-5-9-1-2-10(4-3-9)6-8-12/h9-16,31-32,37-40,43-46,51-52,57-60,73-74H,17-30,33-36H2,1-8H3,(H,65,77)(H,66,78);5,7-10,13,16-17,19-20,26,32H,6,11-12,14-15H2,1-4H3,(H,29,34);11-12H,1-8H2/b11-9+,12-10+,15-13+,16-14+,41-31+,42-32+;7-5+,10-9+,18-13+;/t43-,44-,45-,46-,51?,52?,57?,58?,59-,60-;19-,20-,26-;/m11./s1. The fourth-order valence-electron chi connectivity index (χ4n) is 17.4. The molecule has 11 heterocycles. The number of hydrogen-bond donors (Lipinski definition) is 8. The van der Waals surface area contributed by atoms with Crippen molar-refractivity contribution in [3.05, 3.63) is 173 Å². The Balaban J connectivity index is 0.000000347. The Morgan fingerprint density at radius 2 is 0.746 bits per heavy atom. The van der Waals surface area contributed by atoms with Crippen molar-refractivity contribution in [1.82, 2.24) is 65.2 Å². The Labute approximate surface area is 829 Å². The molecule has 6 bridgehead atoms. The van der Waals surface area contributed by atoms with Gasteiger partial charge in [0.05, 0.1) is 37.6 Å². The van der Waals surface area contributed by atoms with Gasteiger partial charge in [-0.3, -0.25) is 62.8 Å². The smallest absolute Gasteiger partial charge is 0.355 e. The van der Waals surface area contributed by atoms with Gasteiger partial charge in [0, 0.05) is 188 Å². The van der Waals surface area contributed by atoms with E-state index in [-0.39, 0.29) is 199 Å². The number of thiol groups is 2. The van der Waals surface area contributed by atoms with Gasteiger partial charge in [-0.05, 0) is 76.0 Å². The van der Waals surface area contributed by atoms with Crippen molar-refractivity contribution >= 4 is 119 Å². The first-order valence-electron chi connectivity index (χ1n) is 47.9. The predicted octanol–water partition coefficient (Wildman–Crippen LogP) is 8.25. The Bertz CT molecular complexity index is 4730. The summed E-state index contributed by atoms with van der Waals surface area (Å²) in [6.07, 6.45) is 24.9. The van der Waals surface area contributed by atoms with Crippen molar-refractivity contribution in [3.63, 3.8) is 0 Å². The van der Waals surface area contributed by atoms with E-state index in [1.54, 1.807) is 123 Å². The number of Topliss-reactive ketones (excluding diaryl/α,β-unsaturated/α-hetero) is 3. The number of fused-ring (bicyclic) bond motifs is 9. The second kappa shape index (κ2) is 56.7. The minimum absolute atomic E-state index is 0.0200. The number of nitrogens with one attached hydrogen (secondary N) is 3. The molecule has 3 aromatic heterocycles. The second-order valence-corrected chi connectivity index (χ2v) is 40.6. The first-order valence-corrected chi connectivity index (χ1v) is 51.3. The van der Waals surface area contributed by atoms with Crippen LogP contribution in [0.1, 0.15) is 171 Å². The van der Waals surface area contributed by atoms with E-state index in [1.165, 1.54) is 71.6 Å². The molecule has 0 spiro atoms. The fourth-order valence-corrected chi connectivity index (χ4v) is 20.8. The summed E-state index contributed by atoms with van der Waals surface area (Å²) in [6.45, 7) is 35.7. The van der Waals surface area contributed by atoms with Gasteiger partial charge in [0.1, 0.15) is 72.2 Å². The monoisotopic (exact) mass is 1990 g/mol. The van der Waals surface area contributed by atoms with Gasteiger partial charge >= 0.3 is 17.9 Å². The van der Waals surface area contributed by atoms with Crippen LogP contribution in [-0.4, -0.2) is 335 Å². The molecule has 13 atom stereocenters. The van der Waals surface area contributed by atoms with Crippen molar-refractivity contribution in [2.75, 3.05) is 141 Å². The number of thioether (sulfide) groups is 2. The highest BCUT2D eigenvalue weighted by Crippen LogP contribution is 2.36. The van der Waals surface area contributed by atoms with E-state index in [9.17, 15) is 72.9 Å². The number of hydrogen-bond acceptors (Lipinski definition) is 32. The van der Waals surface area contributed by atoms with E-state index in [4.69, 9.17) is 27.5 Å². The Morgan fingerprint density at radius 3 is 1.07 bits per heavy atom. The number of ether oxygens (including phenoxy) is 3. The largest absolute Gasteiger partial charge is 0.460 e. The number of aliphatic hydroxyl groups is 3. The van der Waals surface area contributed by atoms with E-state index in [2.05, 4.69) is 75.8 Å². The minimum Gasteiger partial charge on any atom is -0.460 e. The summed E-state index contributed by atoms with van der Waals surface area (Å²) in [5.41, 5.74) is 2.11. The number of ketones is 3. The molecule has 138 heavy (non-hydrogen) atoms. The normalized spacial score (nSPS) is 29.1. The fraction of sp³-hybridized carbons (Fsp3) is 0.590. The molecule has 6 amide bonds. The topological polar surface area (TPSA) is 430 Å². The lowest BCUT2D eigenvalue weighted by molar-refractivity contribution is -0.158. The lowest BCUT2D eigenvalue weighted by Crippen LogP contribution is -2.49. The Kier molecular flexibility index (Phi) is 46.0. The van der Waals surface area contributed by atoms with Gasteiger partial charge in [0.25, 0.3) is 17.7 Å². The molecule has 0 aliphatic carbocycles. The van der Waals surface area contributed by atoms with Crippen LogP contribution < -0.4 is 16.0 Å². The lowest BCUT2D eigenvalue weighted by Gasteiger charge is -2.35. The van der Waals surface area contributed by atoms with Crippen LogP contribution in [0.5, 0.6) is 0 Å². The van der Waals surface area contributed by atoms with Crippen molar-refractivity contribution < 1.29 is 100 Å². The van der Waals surface area contributed by atoms with Crippen LogP contribution in [0.4, 0.5) is 0 Å². The maximum Gasteiger partial charge on any atom is 0.355 e. The summed E-state index contributed by atoms with van der Waals surface area (Å²) in [7, 11) is 0. The maximum absolute atomic E-state index is 14.5. The molecule has 3 aromatic rings. The van der Waals surface area contributed by atoms with Gasteiger partial charge in [-0.2, -0.15) is 48.8 Å². The average molecular weight is 1990 g/mol. The average Bonchev–Trinajstić information content (AvgIpc) is 1.65. The Morgan fingerprint density at radius 1 is 0.428 bits per heavy atom. The molecule has 0 aromatic carbocycles. The number of esters is 3. The third kappa shape index (κ3) is 35.9. The molecule has 0 saturated carbocycles. The number of cyclic esters (lactones) is 3. The van der Waals surface area contributed by atoms with E-state index < -0.39 is 84.3 Å². The number of carbonyl (C=O) groups excluding carboxylic acids is 12. The van der Waals surface area contributed by atoms with Gasteiger partial charge in [0.2, 0.25) is 35.4 Å². The highest BCUT2D eigenvalue weighted by atomic mass is 32.2. The Hall–Kier alpha value is -9.61. The molecule has 11 rings (SSSR count). The van der Waals surface area contributed by atoms with Crippen LogP contribution >= 0.6 is 48.8 Å². The number of rotatable bonds is 15. The van der Waals surface area contributed by atoms with Crippen molar-refractivity contribution in [2.24, 2.45) is 35.5 Å². The van der Waals surface area contributed by atoms with E-state index >= 15 is 0 Å². The third-order valence-electron chi connectivity index (χ3n) is 24.7. The zero-order chi connectivity index (χ0) is 100. The zero-order valence-corrected chi connectivity index (χ0v) is 84.9. The van der Waals surface area contributed by atoms with Gasteiger partial charge in [0.15, 0.2) is 17.1 Å². The number of carbonyl (C=O) groups is 12. The molecule has 8 aliphatic heterocycles. The molecule has 34 nitrogen and oxygen atoms in total. The van der Waals surface area contributed by atoms with Crippen LogP contribution in [0, 0.1) is 35.5 Å². The highest BCUT2D eigenvalue weighted by molar-refractivity contribution is 8.00. The third-order valence-corrected chi connectivity index (χ3v) is 27.7. The summed E-state index contributed by atoms with van der Waals surface area (Å²) in [5.74, 6) is -3.25. The summed E-state index contributed by atoms with van der Waals surface area (Å²) < 4.78 is 34.9. The molecule has 756 valence electrons. The molecular weight excluding hydrogens is 1850 g/mol. The maximum atomic E-state index is 14.5. The minimum atomic E-state index is -1.07. The number of aliphatic hydroxyl groups excluding tert-OH is 3. The van der Waals surface area contributed by atoms with Gasteiger partial charge < -0.3 is 73.4 Å². The van der Waals surface area contributed by atoms with Crippen molar-refractivity contribution in [1.29, 1.82) is 0 Å². The van der Waals surface area contributed by atoms with Crippen LogP contribution in [0.15, 0.2) is 152 Å². The molecule has 4 unspecified atom stereocenters. The van der Waals surface area contributed by atoms with Crippen LogP contribution in [-0.2, 0) is 76.6 Å². The van der Waals surface area contributed by atoms with Crippen LogP contribution in [0.25, 0.3) is 0 Å². The second-order valence-electron chi connectivity index (χ2n) is 37.0. The van der Waals surface area contributed by atoms with E-state index in [0.29, 0.717) is 41.9 Å². The van der Waals surface area contributed by atoms with Crippen molar-refractivity contribution in [2.45, 2.75) is 200 Å². The number of nitrogens with zero attached hydrogens (tertiary/aromatic N) is 10. The number of amides is 6. The van der Waals surface area contributed by atoms with Gasteiger partial charge in [-0.1, -0.05) is 158 Å². The van der Waals surface area contributed by atoms with Crippen molar-refractivity contribution in [3.8, 4) is 0 Å². The number of allylic oxidation sites excluding steroid dienone is 6. The van der Waals surface area contributed by atoms with E-state index in [0.717, 1.165) is 75.7 Å². The summed E-state index contributed by atoms with van der Waals surface area (Å²) in [4.78, 5) is 187. The molecule has 38 heteroatoms. The first kappa shape index (κ1) is 112. The number of piperazine rings is 2. The lowest BCUT2D eigenvalue weighted by atomic mass is 9.94. The summed E-state index contributed by atoms with van der Waals surface area (Å²) in [6, 6.07) is -1.92. The zero-order valence-electron chi connectivity index (χ0n) is 81.5. The molecule has 8 aliphatic rings. The van der Waals surface area contributed by atoms with Crippen LogP contribution in [0.2, 0.25) is 0 Å². The molecule has 4 saturated heterocycles. The van der Waals surface area contributed by atoms with Gasteiger partial charge in [-0.15, -0.1) is 0 Å². The molecule has 6 N–H and O–H groups in total. The predicted molar refractivity (Wildman–Crippen MR) is 533 cm³/mol. The van der Waals surface area contributed by atoms with Gasteiger partial charge in [-0.25, -0.2) is 29.3 Å². The SMILES string of the molecule is CC1=C\[C@@H](O)CC(=O)Cc2nc(co2)C(=O)N2CCC(SCCN3CCN(CCSC4CCN5C(=O)c6coc(n6)CC(=O)C[C@H](O)/C=C(C)/C=C/CNC(=O)/C=C/[C@@H](C)[C@@H](C(C)C)OC(=O)C45)CC3)C2C(=O)O[C@H](C(C)C)[C@H](C)/C=C/C(=O)NC\C=C\1.CC1=C\[C@@H](O)CC(=O)Cc2nc(co2)C(=O)N2CCC=C2C(=O)O[C@H](C(C)C)[C@H](C)/C=C/C(=O)NC\C=C\1.SCCN1CCN(CCS)CC1.